The zero-order valence-corrected chi connectivity index (χ0v) is 11.7. The molecule has 1 heterocycles. The SMILES string of the molecule is CCOc1cc([C@H]2[NH2+][C@H](C(=O)[O-])CS2)ccc1OC. The summed E-state index contributed by atoms with van der Waals surface area (Å²) in [5.74, 6) is 0.926. The van der Waals surface area contributed by atoms with Gasteiger partial charge in [-0.15, -0.1) is 0 Å². The van der Waals surface area contributed by atoms with Crippen molar-refractivity contribution in [2.24, 2.45) is 0 Å². The van der Waals surface area contributed by atoms with Crippen LogP contribution in [0.1, 0.15) is 17.9 Å². The number of benzene rings is 1. The first kappa shape index (κ1) is 14.0. The van der Waals surface area contributed by atoms with Gasteiger partial charge in [0.1, 0.15) is 12.0 Å². The van der Waals surface area contributed by atoms with Gasteiger partial charge < -0.3 is 24.7 Å². The van der Waals surface area contributed by atoms with Gasteiger partial charge in [-0.1, -0.05) is 11.8 Å². The van der Waals surface area contributed by atoms with E-state index >= 15 is 0 Å². The molecule has 2 N–H and O–H groups in total. The predicted molar refractivity (Wildman–Crippen MR) is 70.1 cm³/mol. The fourth-order valence-electron chi connectivity index (χ4n) is 2.02. The van der Waals surface area contributed by atoms with Gasteiger partial charge in [-0.05, 0) is 25.1 Å². The van der Waals surface area contributed by atoms with Crippen molar-refractivity contribution in [3.63, 3.8) is 0 Å². The lowest BCUT2D eigenvalue weighted by Gasteiger charge is -2.14. The lowest BCUT2D eigenvalue weighted by molar-refractivity contribution is -0.690. The maximum Gasteiger partial charge on any atom is 0.161 e. The molecule has 0 aliphatic carbocycles. The smallest absolute Gasteiger partial charge is 0.161 e. The largest absolute Gasteiger partial charge is 0.544 e. The van der Waals surface area contributed by atoms with Gasteiger partial charge in [-0.3, -0.25) is 0 Å². The Morgan fingerprint density at radius 3 is 2.89 bits per heavy atom. The molecule has 5 nitrogen and oxygen atoms in total. The highest BCUT2D eigenvalue weighted by Crippen LogP contribution is 2.34. The third kappa shape index (κ3) is 3.13. The second-order valence-corrected chi connectivity index (χ2v) is 5.39. The van der Waals surface area contributed by atoms with Crippen LogP contribution in [0.4, 0.5) is 0 Å². The molecule has 2 atom stereocenters. The molecule has 0 saturated carbocycles. The Bertz CT molecular complexity index is 466. The van der Waals surface area contributed by atoms with Crippen LogP contribution in [-0.4, -0.2) is 31.5 Å². The number of nitrogens with two attached hydrogens (primary N) is 1. The standard InChI is InChI=1S/C13H17NO4S/c1-3-18-11-6-8(4-5-10(11)17-2)12-14-9(7-19-12)13(15)16/h4-6,9,12,14H,3,7H2,1-2H3,(H,15,16)/t9-,12-/m0/s1. The monoisotopic (exact) mass is 283 g/mol. The molecule has 0 spiro atoms. The summed E-state index contributed by atoms with van der Waals surface area (Å²) >= 11 is 1.60. The zero-order chi connectivity index (χ0) is 13.8. The van der Waals surface area contributed by atoms with E-state index in [0.29, 0.717) is 23.9 Å². The molecule has 0 amide bonds. The number of carboxylic acid groups (broad SMARTS) is 1. The fourth-order valence-corrected chi connectivity index (χ4v) is 3.32. The van der Waals surface area contributed by atoms with Gasteiger partial charge in [0.05, 0.1) is 19.5 Å². The first-order chi connectivity index (χ1) is 9.15. The Morgan fingerprint density at radius 2 is 2.32 bits per heavy atom. The van der Waals surface area contributed by atoms with E-state index in [1.165, 1.54) is 0 Å². The summed E-state index contributed by atoms with van der Waals surface area (Å²) in [7, 11) is 1.60. The van der Waals surface area contributed by atoms with Gasteiger partial charge in [0.15, 0.2) is 16.9 Å². The minimum atomic E-state index is -1.01. The Labute approximate surface area is 116 Å². The number of hydrogen-bond acceptors (Lipinski definition) is 5. The van der Waals surface area contributed by atoms with Crippen molar-refractivity contribution in [2.45, 2.75) is 18.3 Å². The van der Waals surface area contributed by atoms with E-state index in [1.807, 2.05) is 30.4 Å². The van der Waals surface area contributed by atoms with Crippen LogP contribution in [-0.2, 0) is 4.79 Å². The molecule has 1 aliphatic heterocycles. The van der Waals surface area contributed by atoms with Gasteiger partial charge in [-0.2, -0.15) is 0 Å². The summed E-state index contributed by atoms with van der Waals surface area (Å²) in [5, 5.41) is 12.7. The summed E-state index contributed by atoms with van der Waals surface area (Å²) in [6.07, 6.45) is 0. The van der Waals surface area contributed by atoms with E-state index in [2.05, 4.69) is 0 Å². The number of aliphatic carboxylic acids is 1. The summed E-state index contributed by atoms with van der Waals surface area (Å²) in [5.41, 5.74) is 1.03. The Morgan fingerprint density at radius 1 is 1.53 bits per heavy atom. The lowest BCUT2D eigenvalue weighted by Crippen LogP contribution is -2.90. The predicted octanol–water partition coefficient (Wildman–Crippen LogP) is -0.479. The quantitative estimate of drug-likeness (QED) is 0.790. The first-order valence-electron chi connectivity index (χ1n) is 6.14. The van der Waals surface area contributed by atoms with Crippen molar-refractivity contribution in [1.29, 1.82) is 0 Å². The molecule has 1 aromatic carbocycles. The minimum absolute atomic E-state index is 0.0630. The minimum Gasteiger partial charge on any atom is -0.544 e. The summed E-state index contributed by atoms with van der Waals surface area (Å²) in [6.45, 7) is 2.47. The summed E-state index contributed by atoms with van der Waals surface area (Å²) in [6, 6.07) is 5.22. The van der Waals surface area contributed by atoms with Crippen molar-refractivity contribution in [3.8, 4) is 11.5 Å². The topological polar surface area (TPSA) is 75.2 Å². The third-order valence-corrected chi connectivity index (χ3v) is 4.32. The molecule has 0 aromatic heterocycles. The first-order valence-corrected chi connectivity index (χ1v) is 7.18. The highest BCUT2D eigenvalue weighted by Gasteiger charge is 2.31. The van der Waals surface area contributed by atoms with E-state index in [0.717, 1.165) is 5.56 Å². The number of thioether (sulfide) groups is 1. The average molecular weight is 283 g/mol. The van der Waals surface area contributed by atoms with Crippen molar-refractivity contribution in [3.05, 3.63) is 23.8 Å². The summed E-state index contributed by atoms with van der Waals surface area (Å²) in [4.78, 5) is 10.8. The number of carbonyl (C=O) groups excluding carboxylic acids is 1. The fraction of sp³-hybridized carbons (Fsp3) is 0.462. The molecule has 1 fully saturated rings. The molecular weight excluding hydrogens is 266 g/mol. The average Bonchev–Trinajstić information content (AvgIpc) is 2.89. The number of methoxy groups -OCH3 is 1. The molecular formula is C13H17NO4S. The molecule has 2 rings (SSSR count). The number of quaternary nitrogens is 1. The van der Waals surface area contributed by atoms with Crippen LogP contribution >= 0.6 is 11.8 Å². The number of carboxylic acids is 1. The van der Waals surface area contributed by atoms with Crippen LogP contribution in [0.3, 0.4) is 0 Å². The van der Waals surface area contributed by atoms with Crippen molar-refractivity contribution in [1.82, 2.24) is 0 Å². The van der Waals surface area contributed by atoms with E-state index in [-0.39, 0.29) is 5.37 Å². The number of carbonyl (C=O) groups is 1. The van der Waals surface area contributed by atoms with Crippen molar-refractivity contribution in [2.75, 3.05) is 19.5 Å². The van der Waals surface area contributed by atoms with Crippen LogP contribution in [0, 0.1) is 0 Å². The van der Waals surface area contributed by atoms with Gasteiger partial charge in [0.2, 0.25) is 0 Å². The Balaban J connectivity index is 2.17. The molecule has 104 valence electrons. The van der Waals surface area contributed by atoms with Crippen LogP contribution in [0.5, 0.6) is 11.5 Å². The van der Waals surface area contributed by atoms with E-state index in [9.17, 15) is 9.90 Å². The second-order valence-electron chi connectivity index (χ2n) is 4.22. The molecule has 1 saturated heterocycles. The maximum atomic E-state index is 10.8. The number of rotatable bonds is 5. The second kappa shape index (κ2) is 6.16. The Kier molecular flexibility index (Phi) is 4.55. The van der Waals surface area contributed by atoms with Gasteiger partial charge in [-0.25, -0.2) is 0 Å². The van der Waals surface area contributed by atoms with Crippen LogP contribution in [0.15, 0.2) is 18.2 Å². The number of ether oxygens (including phenoxy) is 2. The molecule has 0 bridgehead atoms. The molecule has 0 radical (unpaired) electrons. The molecule has 6 heteroatoms. The van der Waals surface area contributed by atoms with Crippen molar-refractivity contribution < 1.29 is 24.7 Å². The Hall–Kier alpha value is -1.40. The van der Waals surface area contributed by atoms with E-state index in [1.54, 1.807) is 18.9 Å². The maximum absolute atomic E-state index is 10.8. The third-order valence-electron chi connectivity index (χ3n) is 2.98. The van der Waals surface area contributed by atoms with Gasteiger partial charge in [0, 0.05) is 5.56 Å². The highest BCUT2D eigenvalue weighted by atomic mass is 32.2. The van der Waals surface area contributed by atoms with Gasteiger partial charge >= 0.3 is 0 Å². The van der Waals surface area contributed by atoms with Crippen LogP contribution in [0.2, 0.25) is 0 Å². The van der Waals surface area contributed by atoms with Crippen LogP contribution in [0.25, 0.3) is 0 Å². The molecule has 0 unspecified atom stereocenters. The molecule has 1 aliphatic rings. The normalized spacial score (nSPS) is 22.2. The van der Waals surface area contributed by atoms with E-state index < -0.39 is 12.0 Å². The number of hydrogen-bond donors (Lipinski definition) is 1. The highest BCUT2D eigenvalue weighted by molar-refractivity contribution is 7.99. The molecule has 19 heavy (non-hydrogen) atoms. The van der Waals surface area contributed by atoms with Crippen LogP contribution < -0.4 is 19.9 Å². The molecule has 1 aromatic rings. The zero-order valence-electron chi connectivity index (χ0n) is 10.9. The van der Waals surface area contributed by atoms with Crippen molar-refractivity contribution >= 4 is 17.7 Å². The summed E-state index contributed by atoms with van der Waals surface area (Å²) < 4.78 is 10.8. The van der Waals surface area contributed by atoms with E-state index in [4.69, 9.17) is 9.47 Å². The lowest BCUT2D eigenvalue weighted by atomic mass is 10.2. The van der Waals surface area contributed by atoms with Gasteiger partial charge in [0.25, 0.3) is 0 Å².